The average Bonchev–Trinajstić information content (AvgIpc) is 2.80. The minimum Gasteiger partial charge on any atom is -0.337 e. The number of aryl methyl sites for hydroxylation is 2. The minimum atomic E-state index is 0.0678. The summed E-state index contributed by atoms with van der Waals surface area (Å²) >= 11 is 0. The standard InChI is InChI=1S/C12H18N4O/c1-8-6-11(9(2)15-14-8)12(17)16-5-4-10(7-16)13-3/h6,10,13H,4-5,7H2,1-3H3. The van der Waals surface area contributed by atoms with E-state index in [1.807, 2.05) is 31.9 Å². The van der Waals surface area contributed by atoms with Crippen molar-refractivity contribution < 1.29 is 4.79 Å². The van der Waals surface area contributed by atoms with Gasteiger partial charge in [-0.05, 0) is 33.4 Å². The van der Waals surface area contributed by atoms with Gasteiger partial charge in [0.1, 0.15) is 0 Å². The SMILES string of the molecule is CNC1CCN(C(=O)c2cc(C)nnc2C)C1. The fourth-order valence-electron chi connectivity index (χ4n) is 2.12. The molecule has 1 amide bonds. The molecule has 5 nitrogen and oxygen atoms in total. The van der Waals surface area contributed by atoms with E-state index in [0.717, 1.165) is 25.2 Å². The average molecular weight is 234 g/mol. The van der Waals surface area contributed by atoms with E-state index in [1.54, 1.807) is 0 Å². The first-order valence-electron chi connectivity index (χ1n) is 5.89. The van der Waals surface area contributed by atoms with Crippen molar-refractivity contribution in [2.75, 3.05) is 20.1 Å². The number of likely N-dealkylation sites (N-methyl/N-ethyl adjacent to an activating group) is 1. The van der Waals surface area contributed by atoms with E-state index >= 15 is 0 Å². The fraction of sp³-hybridized carbons (Fsp3) is 0.583. The van der Waals surface area contributed by atoms with E-state index in [0.29, 0.717) is 17.3 Å². The van der Waals surface area contributed by atoms with Crippen LogP contribution in [0.5, 0.6) is 0 Å². The first kappa shape index (κ1) is 12.0. The van der Waals surface area contributed by atoms with Crippen LogP contribution in [0.2, 0.25) is 0 Å². The van der Waals surface area contributed by atoms with Crippen LogP contribution in [0.1, 0.15) is 28.2 Å². The van der Waals surface area contributed by atoms with E-state index in [4.69, 9.17) is 0 Å². The molecule has 0 aromatic carbocycles. The summed E-state index contributed by atoms with van der Waals surface area (Å²) in [5, 5.41) is 11.1. The Bertz CT molecular complexity index is 433. The lowest BCUT2D eigenvalue weighted by molar-refractivity contribution is 0.0788. The van der Waals surface area contributed by atoms with E-state index in [1.165, 1.54) is 0 Å². The summed E-state index contributed by atoms with van der Waals surface area (Å²) in [6.45, 7) is 5.26. The highest BCUT2D eigenvalue weighted by molar-refractivity contribution is 5.95. The van der Waals surface area contributed by atoms with Crippen molar-refractivity contribution in [1.29, 1.82) is 0 Å². The van der Waals surface area contributed by atoms with Crippen LogP contribution in [0.3, 0.4) is 0 Å². The van der Waals surface area contributed by atoms with Gasteiger partial charge in [-0.2, -0.15) is 10.2 Å². The van der Waals surface area contributed by atoms with E-state index in [9.17, 15) is 4.79 Å². The summed E-state index contributed by atoms with van der Waals surface area (Å²) in [6, 6.07) is 2.23. The fourth-order valence-corrected chi connectivity index (χ4v) is 2.12. The highest BCUT2D eigenvalue weighted by atomic mass is 16.2. The molecule has 1 aliphatic heterocycles. The van der Waals surface area contributed by atoms with Crippen LogP contribution >= 0.6 is 0 Å². The van der Waals surface area contributed by atoms with E-state index in [2.05, 4.69) is 15.5 Å². The second-order valence-electron chi connectivity index (χ2n) is 4.51. The van der Waals surface area contributed by atoms with Crippen molar-refractivity contribution in [2.45, 2.75) is 26.3 Å². The Hall–Kier alpha value is -1.49. The topological polar surface area (TPSA) is 58.1 Å². The van der Waals surface area contributed by atoms with Gasteiger partial charge in [0.15, 0.2) is 0 Å². The lowest BCUT2D eigenvalue weighted by Crippen LogP contribution is -2.34. The molecule has 1 aromatic heterocycles. The number of carbonyl (C=O) groups is 1. The van der Waals surface area contributed by atoms with Gasteiger partial charge in [-0.1, -0.05) is 0 Å². The maximum absolute atomic E-state index is 12.3. The Morgan fingerprint density at radius 3 is 2.88 bits per heavy atom. The number of aromatic nitrogens is 2. The molecule has 1 atom stereocenters. The minimum absolute atomic E-state index is 0.0678. The molecule has 0 saturated carbocycles. The third-order valence-corrected chi connectivity index (χ3v) is 3.21. The molecular weight excluding hydrogens is 216 g/mol. The normalized spacial score (nSPS) is 19.7. The molecule has 1 saturated heterocycles. The van der Waals surface area contributed by atoms with Crippen LogP contribution in [0.25, 0.3) is 0 Å². The van der Waals surface area contributed by atoms with Crippen LogP contribution < -0.4 is 5.32 Å². The number of rotatable bonds is 2. The molecule has 0 bridgehead atoms. The van der Waals surface area contributed by atoms with Crippen LogP contribution in [0.4, 0.5) is 0 Å². The molecule has 0 radical (unpaired) electrons. The number of likely N-dealkylation sites (tertiary alicyclic amines) is 1. The molecule has 1 unspecified atom stereocenters. The number of nitrogens with zero attached hydrogens (tertiary/aromatic N) is 3. The van der Waals surface area contributed by atoms with Crippen molar-refractivity contribution in [3.63, 3.8) is 0 Å². The second kappa shape index (κ2) is 4.79. The Morgan fingerprint density at radius 2 is 2.24 bits per heavy atom. The Kier molecular flexibility index (Phi) is 3.38. The highest BCUT2D eigenvalue weighted by Gasteiger charge is 2.27. The molecule has 2 rings (SSSR count). The summed E-state index contributed by atoms with van der Waals surface area (Å²) in [4.78, 5) is 14.2. The third-order valence-electron chi connectivity index (χ3n) is 3.21. The van der Waals surface area contributed by atoms with E-state index in [-0.39, 0.29) is 5.91 Å². The Labute approximate surface area is 101 Å². The first-order valence-corrected chi connectivity index (χ1v) is 5.89. The Morgan fingerprint density at radius 1 is 1.47 bits per heavy atom. The highest BCUT2D eigenvalue weighted by Crippen LogP contribution is 2.15. The van der Waals surface area contributed by atoms with Gasteiger partial charge in [0.05, 0.1) is 17.0 Å². The number of nitrogens with one attached hydrogen (secondary N) is 1. The molecule has 17 heavy (non-hydrogen) atoms. The summed E-state index contributed by atoms with van der Waals surface area (Å²) in [7, 11) is 1.93. The van der Waals surface area contributed by atoms with Gasteiger partial charge in [0.2, 0.25) is 0 Å². The zero-order valence-electron chi connectivity index (χ0n) is 10.5. The molecule has 5 heteroatoms. The number of amides is 1. The summed E-state index contributed by atoms with van der Waals surface area (Å²) in [6.07, 6.45) is 1.01. The van der Waals surface area contributed by atoms with Gasteiger partial charge in [0.25, 0.3) is 5.91 Å². The van der Waals surface area contributed by atoms with Crippen molar-refractivity contribution >= 4 is 5.91 Å². The van der Waals surface area contributed by atoms with Gasteiger partial charge < -0.3 is 10.2 Å². The molecule has 0 spiro atoms. The van der Waals surface area contributed by atoms with Crippen LogP contribution in [0, 0.1) is 13.8 Å². The van der Waals surface area contributed by atoms with Crippen LogP contribution in [-0.2, 0) is 0 Å². The van der Waals surface area contributed by atoms with Gasteiger partial charge in [0, 0.05) is 19.1 Å². The molecule has 1 aromatic rings. The smallest absolute Gasteiger partial charge is 0.255 e. The molecule has 1 aliphatic rings. The van der Waals surface area contributed by atoms with Crippen LogP contribution in [-0.4, -0.2) is 47.2 Å². The Balaban J connectivity index is 2.17. The maximum atomic E-state index is 12.3. The largest absolute Gasteiger partial charge is 0.337 e. The lowest BCUT2D eigenvalue weighted by Gasteiger charge is -2.17. The lowest BCUT2D eigenvalue weighted by atomic mass is 10.2. The molecule has 0 aliphatic carbocycles. The molecule has 92 valence electrons. The monoisotopic (exact) mass is 234 g/mol. The predicted molar refractivity (Wildman–Crippen MR) is 64.9 cm³/mol. The van der Waals surface area contributed by atoms with Crippen molar-refractivity contribution in [1.82, 2.24) is 20.4 Å². The zero-order valence-corrected chi connectivity index (χ0v) is 10.5. The van der Waals surface area contributed by atoms with Gasteiger partial charge in [-0.25, -0.2) is 0 Å². The van der Waals surface area contributed by atoms with Gasteiger partial charge >= 0.3 is 0 Å². The molecule has 1 N–H and O–H groups in total. The van der Waals surface area contributed by atoms with Gasteiger partial charge in [-0.15, -0.1) is 0 Å². The van der Waals surface area contributed by atoms with Crippen molar-refractivity contribution in [3.8, 4) is 0 Å². The number of carbonyl (C=O) groups excluding carboxylic acids is 1. The summed E-state index contributed by atoms with van der Waals surface area (Å²) in [5.41, 5.74) is 2.16. The summed E-state index contributed by atoms with van der Waals surface area (Å²) in [5.74, 6) is 0.0678. The van der Waals surface area contributed by atoms with Gasteiger partial charge in [-0.3, -0.25) is 4.79 Å². The first-order chi connectivity index (χ1) is 8.11. The number of hydrogen-bond acceptors (Lipinski definition) is 4. The maximum Gasteiger partial charge on any atom is 0.255 e. The molecule has 1 fully saturated rings. The number of hydrogen-bond donors (Lipinski definition) is 1. The zero-order chi connectivity index (χ0) is 12.4. The van der Waals surface area contributed by atoms with Crippen molar-refractivity contribution in [3.05, 3.63) is 23.0 Å². The molecule has 2 heterocycles. The third kappa shape index (κ3) is 2.44. The predicted octanol–water partition coefficient (Wildman–Crippen LogP) is 0.527. The second-order valence-corrected chi connectivity index (χ2v) is 4.51. The van der Waals surface area contributed by atoms with Crippen molar-refractivity contribution in [2.24, 2.45) is 0 Å². The quantitative estimate of drug-likeness (QED) is 0.811. The molecular formula is C12H18N4O. The van der Waals surface area contributed by atoms with Crippen LogP contribution in [0.15, 0.2) is 6.07 Å². The van der Waals surface area contributed by atoms with E-state index < -0.39 is 0 Å². The summed E-state index contributed by atoms with van der Waals surface area (Å²) < 4.78 is 0.